The molecule has 6 rings (SSSR count). The van der Waals surface area contributed by atoms with Gasteiger partial charge in [-0.05, 0) is 41.8 Å². The Bertz CT molecular complexity index is 2580. The first kappa shape index (κ1) is 38.1. The van der Waals surface area contributed by atoms with Crippen LogP contribution in [-0.4, -0.2) is 21.5 Å². The van der Waals surface area contributed by atoms with Gasteiger partial charge in [0.2, 0.25) is 20.0 Å². The fourth-order valence-corrected chi connectivity index (χ4v) is 5.48. The second-order valence-corrected chi connectivity index (χ2v) is 13.5. The molecule has 0 spiro atoms. The van der Waals surface area contributed by atoms with Crippen LogP contribution in [0.4, 0.5) is 22.7 Å². The molecule has 0 aliphatic carbocycles. The first-order valence-corrected chi connectivity index (χ1v) is 17.2. The number of aromatic nitrogens is 2. The number of benzene rings is 5. The average Bonchev–Trinajstić information content (AvgIpc) is 3.36. The molecule has 0 amide bonds. The van der Waals surface area contributed by atoms with Crippen molar-refractivity contribution in [3.8, 4) is 22.9 Å². The van der Waals surface area contributed by atoms with E-state index in [1.54, 1.807) is 55.5 Å². The van der Waals surface area contributed by atoms with E-state index in [1.807, 2.05) is 12.1 Å². The van der Waals surface area contributed by atoms with Crippen LogP contribution >= 0.6 is 0 Å². The maximum Gasteiger partial charge on any atom is 3.00 e. The van der Waals surface area contributed by atoms with Gasteiger partial charge < -0.3 is 25.1 Å². The van der Waals surface area contributed by atoms with E-state index in [2.05, 4.69) is 25.6 Å². The Balaban J connectivity index is 0.000000271. The molecule has 0 unspecified atom stereocenters. The first-order chi connectivity index (χ1) is 23.6. The minimum Gasteiger partial charge on any atom is -0.871 e. The number of rotatable bonds is 7. The standard InChI is InChI=1S/C16H15N5O4S.C16H13N3O4S.Cr/c1-10-15(16(23)21(20-10)11-5-3-2-4-6-11)19-18-13-9-12(26(17,24)25)7-8-14(13)22;17-24(22,23)11-6-8-14(20)13(9-11)18-19-16-12-4-2-1-3-10(12)5-7-15(16)21;/h2-9H,1H3,(H4,17,18,19,20,22,23,24,25);1-9,20-21H,(H2,17,22,23);/q;;+3/p-3. The number of azo groups is 2. The average molecular weight is 766 g/mol. The summed E-state index contributed by atoms with van der Waals surface area (Å²) in [4.78, 5) is 11.9. The van der Waals surface area contributed by atoms with Crippen molar-refractivity contribution in [2.75, 3.05) is 0 Å². The molecule has 1 aromatic heterocycles. The van der Waals surface area contributed by atoms with Crippen molar-refractivity contribution >= 4 is 53.6 Å². The summed E-state index contributed by atoms with van der Waals surface area (Å²) in [6.07, 6.45) is 0. The Kier molecular flexibility index (Phi) is 11.6. The number of aryl methyl sites for hydroxylation is 1. The molecule has 0 saturated carbocycles. The molecule has 5 aromatic carbocycles. The van der Waals surface area contributed by atoms with E-state index in [1.165, 1.54) is 10.7 Å². The van der Waals surface area contributed by atoms with E-state index in [9.17, 15) is 36.9 Å². The Hall–Kier alpha value is -5.68. The van der Waals surface area contributed by atoms with E-state index in [0.29, 0.717) is 16.8 Å². The summed E-state index contributed by atoms with van der Waals surface area (Å²) in [6.45, 7) is 1.58. The predicted octanol–water partition coefficient (Wildman–Crippen LogP) is 3.40. The Labute approximate surface area is 302 Å². The van der Waals surface area contributed by atoms with Crippen molar-refractivity contribution < 1.29 is 50.9 Å². The third-order valence-electron chi connectivity index (χ3n) is 6.89. The Morgan fingerprint density at radius 1 is 0.647 bits per heavy atom. The number of nitrogens with zero attached hydrogens (tertiary/aromatic N) is 6. The second-order valence-electron chi connectivity index (χ2n) is 10.4. The third-order valence-corrected chi connectivity index (χ3v) is 8.71. The zero-order valence-corrected chi connectivity index (χ0v) is 29.1. The van der Waals surface area contributed by atoms with Gasteiger partial charge in [-0.25, -0.2) is 27.1 Å². The number of para-hydroxylation sites is 1. The molecule has 16 nitrogen and oxygen atoms in total. The van der Waals surface area contributed by atoms with Crippen LogP contribution in [0.3, 0.4) is 0 Å². The van der Waals surface area contributed by atoms with E-state index in [-0.39, 0.29) is 57.1 Å². The number of primary sulfonamides is 2. The Morgan fingerprint density at radius 2 is 1.14 bits per heavy atom. The fraction of sp³-hybridized carbons (Fsp3) is 0.0312. The number of fused-ring (bicyclic) bond motifs is 1. The van der Waals surface area contributed by atoms with Gasteiger partial charge in [-0.2, -0.15) is 15.3 Å². The van der Waals surface area contributed by atoms with Crippen molar-refractivity contribution in [1.82, 2.24) is 9.78 Å². The first-order valence-electron chi connectivity index (χ1n) is 14.2. The smallest absolute Gasteiger partial charge is 0.871 e. The minimum absolute atomic E-state index is 0. The van der Waals surface area contributed by atoms with E-state index in [0.717, 1.165) is 41.8 Å². The molecule has 0 aliphatic heterocycles. The molecule has 1 radical (unpaired) electrons. The molecule has 6 aromatic rings. The van der Waals surface area contributed by atoms with Crippen LogP contribution in [-0.2, 0) is 37.4 Å². The predicted molar refractivity (Wildman–Crippen MR) is 177 cm³/mol. The molecular formula is C32H25CrN8O8S2. The molecule has 19 heteroatoms. The monoisotopic (exact) mass is 765 g/mol. The molecule has 0 fully saturated rings. The molecular weight excluding hydrogens is 741 g/mol. The van der Waals surface area contributed by atoms with Crippen molar-refractivity contribution in [3.05, 3.63) is 119 Å². The topological polar surface area (TPSA) is 275 Å². The minimum atomic E-state index is -3.99. The summed E-state index contributed by atoms with van der Waals surface area (Å²) >= 11 is 0. The maximum absolute atomic E-state index is 12.5. The molecule has 259 valence electrons. The zero-order chi connectivity index (χ0) is 36.2. The Morgan fingerprint density at radius 3 is 1.69 bits per heavy atom. The largest absolute Gasteiger partial charge is 3.00 e. The SMILES string of the molecule is Cc1[n-]n(-c2ccccc2)c(=O)c1N=Nc1cc(S(N)(=O)=O)ccc1[O-].NS(=O)(=O)c1ccc([O-])c(N=Nc2c([O-])ccc3ccccc23)c1.[Cr+3].[H+]. The molecule has 1 heterocycles. The van der Waals surface area contributed by atoms with Crippen LogP contribution in [0.2, 0.25) is 0 Å². The summed E-state index contributed by atoms with van der Waals surface area (Å²) in [7, 11) is -7.96. The van der Waals surface area contributed by atoms with Gasteiger partial charge in [0, 0.05) is 11.1 Å². The molecule has 0 atom stereocenters. The van der Waals surface area contributed by atoms with Crippen molar-refractivity contribution in [2.45, 2.75) is 16.7 Å². The number of nitrogens with two attached hydrogens (primary N) is 2. The van der Waals surface area contributed by atoms with Crippen molar-refractivity contribution in [2.24, 2.45) is 30.7 Å². The van der Waals surface area contributed by atoms with Gasteiger partial charge in [0.15, 0.2) is 0 Å². The van der Waals surface area contributed by atoms with Gasteiger partial charge in [-0.3, -0.25) is 4.79 Å². The molecule has 0 saturated heterocycles. The van der Waals surface area contributed by atoms with Crippen LogP contribution in [0.15, 0.2) is 138 Å². The van der Waals surface area contributed by atoms with Gasteiger partial charge >= 0.3 is 18.8 Å². The molecule has 0 bridgehead atoms. The van der Waals surface area contributed by atoms with Crippen molar-refractivity contribution in [3.63, 3.8) is 0 Å². The third kappa shape index (κ3) is 8.92. The van der Waals surface area contributed by atoms with Crippen LogP contribution in [0.5, 0.6) is 17.2 Å². The van der Waals surface area contributed by atoms with Gasteiger partial charge in [-0.1, -0.05) is 90.9 Å². The fourth-order valence-electron chi connectivity index (χ4n) is 4.41. The van der Waals surface area contributed by atoms with Gasteiger partial charge in [0.05, 0.1) is 26.9 Å². The summed E-state index contributed by atoms with van der Waals surface area (Å²) in [5.74, 6) is -1.44. The van der Waals surface area contributed by atoms with E-state index >= 15 is 0 Å². The van der Waals surface area contributed by atoms with Gasteiger partial charge in [0.25, 0.3) is 5.56 Å². The summed E-state index contributed by atoms with van der Waals surface area (Å²) in [6, 6.07) is 25.1. The number of hydrogen-bond donors (Lipinski definition) is 2. The van der Waals surface area contributed by atoms with Crippen molar-refractivity contribution in [1.29, 1.82) is 0 Å². The van der Waals surface area contributed by atoms with Crippen LogP contribution < -0.4 is 36.3 Å². The number of hydrogen-bond acceptors (Lipinski definition) is 12. The maximum atomic E-state index is 12.5. The number of sulfonamides is 2. The summed E-state index contributed by atoms with van der Waals surface area (Å²) in [5.41, 5.74) is -0.0626. The summed E-state index contributed by atoms with van der Waals surface area (Å²) in [5, 5.41) is 66.4. The van der Waals surface area contributed by atoms with Gasteiger partial charge in [0.1, 0.15) is 5.69 Å². The second kappa shape index (κ2) is 15.5. The van der Waals surface area contributed by atoms with Crippen LogP contribution in [0, 0.1) is 6.92 Å². The van der Waals surface area contributed by atoms with E-state index < -0.39 is 37.1 Å². The normalized spacial score (nSPS) is 11.7. The molecule has 51 heavy (non-hydrogen) atoms. The molecule has 0 aliphatic rings. The van der Waals surface area contributed by atoms with E-state index in [4.69, 9.17) is 10.3 Å². The molecule has 4 N–H and O–H groups in total. The van der Waals surface area contributed by atoms with Gasteiger partial charge in [-0.15, -0.1) is 10.8 Å². The zero-order valence-electron chi connectivity index (χ0n) is 27.1. The summed E-state index contributed by atoms with van der Waals surface area (Å²) < 4.78 is 46.6. The quantitative estimate of drug-likeness (QED) is 0.225. The van der Waals surface area contributed by atoms with Crippen LogP contribution in [0.25, 0.3) is 16.5 Å². The van der Waals surface area contributed by atoms with Crippen LogP contribution in [0.1, 0.15) is 7.12 Å².